The lowest BCUT2D eigenvalue weighted by Crippen LogP contribution is -2.10. The molecular formula is C44H31N3. The van der Waals surface area contributed by atoms with Gasteiger partial charge in [0, 0.05) is 50.0 Å². The van der Waals surface area contributed by atoms with Crippen molar-refractivity contribution in [3.05, 3.63) is 182 Å². The van der Waals surface area contributed by atoms with Gasteiger partial charge in [-0.05, 0) is 90.5 Å². The molecule has 0 aliphatic rings. The molecule has 7 aromatic carbocycles. The van der Waals surface area contributed by atoms with Crippen LogP contribution < -0.4 is 4.90 Å². The molecule has 0 saturated heterocycles. The number of nitrogens with zero attached hydrogens (tertiary/aromatic N) is 3. The maximum absolute atomic E-state index is 3.96. The minimum atomic E-state index is 1.09. The molecular weight excluding hydrogens is 571 g/mol. The van der Waals surface area contributed by atoms with Gasteiger partial charge in [0.25, 0.3) is 0 Å². The number of rotatable bonds is 6. The summed E-state index contributed by atoms with van der Waals surface area (Å²) in [5.74, 6) is 0. The summed E-state index contributed by atoms with van der Waals surface area (Å²) in [4.78, 5) is 2.32. The number of anilines is 3. The molecule has 0 radical (unpaired) electrons. The number of benzene rings is 7. The van der Waals surface area contributed by atoms with Gasteiger partial charge < -0.3 is 14.0 Å². The third-order valence-corrected chi connectivity index (χ3v) is 9.28. The molecule has 3 heteroatoms. The van der Waals surface area contributed by atoms with E-state index in [2.05, 4.69) is 190 Å². The zero-order valence-corrected chi connectivity index (χ0v) is 25.8. The van der Waals surface area contributed by atoms with Gasteiger partial charge in [0.05, 0.1) is 22.1 Å². The summed E-state index contributed by atoms with van der Waals surface area (Å²) < 4.78 is 4.72. The van der Waals surface area contributed by atoms with Gasteiger partial charge in [0.1, 0.15) is 0 Å². The van der Waals surface area contributed by atoms with Crippen LogP contribution in [-0.2, 0) is 0 Å². The molecule has 9 aromatic rings. The van der Waals surface area contributed by atoms with E-state index in [0.717, 1.165) is 34.0 Å². The van der Waals surface area contributed by atoms with Gasteiger partial charge in [-0.15, -0.1) is 0 Å². The van der Waals surface area contributed by atoms with E-state index in [-0.39, 0.29) is 0 Å². The molecule has 2 heterocycles. The van der Waals surface area contributed by atoms with Crippen LogP contribution in [0.15, 0.2) is 176 Å². The second-order valence-corrected chi connectivity index (χ2v) is 11.9. The summed E-state index contributed by atoms with van der Waals surface area (Å²) >= 11 is 0. The van der Waals surface area contributed by atoms with E-state index in [4.69, 9.17) is 0 Å². The quantitative estimate of drug-likeness (QED) is 0.185. The summed E-state index contributed by atoms with van der Waals surface area (Å²) in [6, 6.07) is 60.9. The minimum Gasteiger partial charge on any atom is -0.311 e. The molecule has 0 unspecified atom stereocenters. The van der Waals surface area contributed by atoms with Gasteiger partial charge in [-0.25, -0.2) is 0 Å². The lowest BCUT2D eigenvalue weighted by molar-refractivity contribution is 1.17. The Bertz CT molecular complexity index is 2300. The third kappa shape index (κ3) is 4.36. The fourth-order valence-corrected chi connectivity index (χ4v) is 7.11. The largest absolute Gasteiger partial charge is 0.311 e. The average molecular weight is 602 g/mol. The number of aromatic nitrogens is 2. The van der Waals surface area contributed by atoms with Crippen LogP contribution in [0.25, 0.3) is 61.1 Å². The molecule has 3 nitrogen and oxygen atoms in total. The van der Waals surface area contributed by atoms with Gasteiger partial charge in [0.15, 0.2) is 0 Å². The van der Waals surface area contributed by atoms with Gasteiger partial charge in [-0.3, -0.25) is 0 Å². The van der Waals surface area contributed by atoms with Crippen molar-refractivity contribution in [2.75, 3.05) is 4.90 Å². The monoisotopic (exact) mass is 601 g/mol. The highest BCUT2D eigenvalue weighted by atomic mass is 15.1. The number of fused-ring (bicyclic) bond motifs is 6. The van der Waals surface area contributed by atoms with E-state index < -0.39 is 0 Å². The van der Waals surface area contributed by atoms with Crippen LogP contribution in [-0.4, -0.2) is 9.13 Å². The van der Waals surface area contributed by atoms with Crippen LogP contribution in [0.1, 0.15) is 5.56 Å². The zero-order chi connectivity index (χ0) is 31.3. The van der Waals surface area contributed by atoms with Crippen LogP contribution in [0.5, 0.6) is 0 Å². The molecule has 0 aliphatic heterocycles. The van der Waals surface area contributed by atoms with Crippen LogP contribution >= 0.6 is 0 Å². The SMILES string of the molecule is C=Cc1ccc(N(c2ccc(-n3c4ccccc4c4ccccc43)cc2)c2ccc(-n3c4ccccc4c4ccccc43)cc2)cc1. The Kier molecular flexibility index (Phi) is 6.29. The molecule has 0 bridgehead atoms. The van der Waals surface area contributed by atoms with Crippen molar-refractivity contribution in [2.45, 2.75) is 0 Å². The van der Waals surface area contributed by atoms with Crippen molar-refractivity contribution < 1.29 is 0 Å². The van der Waals surface area contributed by atoms with Crippen molar-refractivity contribution in [2.24, 2.45) is 0 Å². The molecule has 0 saturated carbocycles. The van der Waals surface area contributed by atoms with Crippen molar-refractivity contribution in [1.82, 2.24) is 9.13 Å². The summed E-state index contributed by atoms with van der Waals surface area (Å²) in [6.45, 7) is 3.96. The van der Waals surface area contributed by atoms with Crippen molar-refractivity contribution in [3.8, 4) is 11.4 Å². The van der Waals surface area contributed by atoms with E-state index in [0.29, 0.717) is 0 Å². The van der Waals surface area contributed by atoms with E-state index in [1.807, 2.05) is 6.08 Å². The number of hydrogen-bond donors (Lipinski definition) is 0. The normalized spacial score (nSPS) is 11.5. The van der Waals surface area contributed by atoms with Crippen molar-refractivity contribution in [1.29, 1.82) is 0 Å². The Morgan fingerprint density at radius 3 is 0.979 bits per heavy atom. The Morgan fingerprint density at radius 2 is 0.660 bits per heavy atom. The number of para-hydroxylation sites is 4. The predicted molar refractivity (Wildman–Crippen MR) is 200 cm³/mol. The summed E-state index contributed by atoms with van der Waals surface area (Å²) in [5.41, 5.74) is 11.5. The van der Waals surface area contributed by atoms with Crippen molar-refractivity contribution in [3.63, 3.8) is 0 Å². The van der Waals surface area contributed by atoms with Gasteiger partial charge in [-0.1, -0.05) is 97.6 Å². The first-order valence-electron chi connectivity index (χ1n) is 16.0. The third-order valence-electron chi connectivity index (χ3n) is 9.28. The molecule has 0 fully saturated rings. The second-order valence-electron chi connectivity index (χ2n) is 11.9. The highest BCUT2D eigenvalue weighted by molar-refractivity contribution is 6.10. The first-order valence-corrected chi connectivity index (χ1v) is 16.0. The van der Waals surface area contributed by atoms with Crippen LogP contribution in [0.2, 0.25) is 0 Å². The Balaban J connectivity index is 1.16. The summed E-state index contributed by atoms with van der Waals surface area (Å²) in [5, 5.41) is 5.05. The fraction of sp³-hybridized carbons (Fsp3) is 0. The Labute approximate surface area is 273 Å². The predicted octanol–water partition coefficient (Wildman–Crippen LogP) is 12.0. The highest BCUT2D eigenvalue weighted by Gasteiger charge is 2.17. The smallest absolute Gasteiger partial charge is 0.0541 e. The van der Waals surface area contributed by atoms with E-state index in [1.165, 1.54) is 43.6 Å². The Hall–Kier alpha value is -6.32. The molecule has 2 aromatic heterocycles. The minimum absolute atomic E-state index is 1.09. The lowest BCUT2D eigenvalue weighted by Gasteiger charge is -2.26. The van der Waals surface area contributed by atoms with Gasteiger partial charge >= 0.3 is 0 Å². The van der Waals surface area contributed by atoms with Gasteiger partial charge in [0.2, 0.25) is 0 Å². The molecule has 0 N–H and O–H groups in total. The summed E-state index contributed by atoms with van der Waals surface area (Å²) in [7, 11) is 0. The van der Waals surface area contributed by atoms with E-state index >= 15 is 0 Å². The first-order chi connectivity index (χ1) is 23.3. The summed E-state index contributed by atoms with van der Waals surface area (Å²) in [6.07, 6.45) is 1.88. The molecule has 47 heavy (non-hydrogen) atoms. The molecule has 0 aliphatic carbocycles. The maximum atomic E-state index is 3.96. The van der Waals surface area contributed by atoms with Crippen molar-refractivity contribution >= 4 is 66.7 Å². The Morgan fingerprint density at radius 1 is 0.362 bits per heavy atom. The lowest BCUT2D eigenvalue weighted by atomic mass is 10.1. The number of hydrogen-bond acceptors (Lipinski definition) is 1. The van der Waals surface area contributed by atoms with Crippen LogP contribution in [0.3, 0.4) is 0 Å². The second kappa shape index (κ2) is 10.9. The average Bonchev–Trinajstić information content (AvgIpc) is 3.66. The fourth-order valence-electron chi connectivity index (χ4n) is 7.11. The maximum Gasteiger partial charge on any atom is 0.0541 e. The molecule has 222 valence electrons. The van der Waals surface area contributed by atoms with Crippen LogP contribution in [0, 0.1) is 0 Å². The molecule has 0 atom stereocenters. The first kappa shape index (κ1) is 27.0. The van der Waals surface area contributed by atoms with Gasteiger partial charge in [-0.2, -0.15) is 0 Å². The van der Waals surface area contributed by atoms with E-state index in [9.17, 15) is 0 Å². The molecule has 0 amide bonds. The molecule has 0 spiro atoms. The van der Waals surface area contributed by atoms with Crippen LogP contribution in [0.4, 0.5) is 17.1 Å². The molecule has 9 rings (SSSR count). The van der Waals surface area contributed by atoms with E-state index in [1.54, 1.807) is 0 Å². The standard InChI is InChI=1S/C44H31N3/c1-2-31-19-21-32(22-20-31)45(33-23-27-35(28-24-33)46-41-15-7-3-11-37(41)38-12-4-8-16-42(38)46)34-25-29-36(30-26-34)47-43-17-9-5-13-39(43)40-14-6-10-18-44(40)47/h2-30H,1H2. The highest BCUT2D eigenvalue weighted by Crippen LogP contribution is 2.38. The zero-order valence-electron chi connectivity index (χ0n) is 25.8. The topological polar surface area (TPSA) is 13.1 Å².